The van der Waals surface area contributed by atoms with E-state index in [1.165, 1.54) is 13.2 Å². The number of carbonyl (C=O) groups excluding carboxylic acids is 1. The van der Waals surface area contributed by atoms with Crippen LogP contribution >= 0.6 is 0 Å². The molecule has 1 aromatic heterocycles. The minimum atomic E-state index is -0.862. The molecule has 0 saturated heterocycles. The number of aryl methyl sites for hydroxylation is 1. The van der Waals surface area contributed by atoms with E-state index in [1.807, 2.05) is 0 Å². The lowest BCUT2D eigenvalue weighted by atomic mass is 10.0. The predicted molar refractivity (Wildman–Crippen MR) is 97.1 cm³/mol. The van der Waals surface area contributed by atoms with Crippen LogP contribution in [0.2, 0.25) is 0 Å². The summed E-state index contributed by atoms with van der Waals surface area (Å²) in [5.74, 6) is -1.77. The molecule has 0 aliphatic rings. The van der Waals surface area contributed by atoms with Gasteiger partial charge in [0.05, 0.1) is 7.11 Å². The first-order chi connectivity index (χ1) is 12.9. The number of halogens is 2. The fourth-order valence-electron chi connectivity index (χ4n) is 2.85. The fraction of sp³-hybridized carbons (Fsp3) is 0.200. The van der Waals surface area contributed by atoms with Crippen LogP contribution in [-0.2, 0) is 11.2 Å². The quantitative estimate of drug-likeness (QED) is 0.688. The van der Waals surface area contributed by atoms with Gasteiger partial charge in [0.1, 0.15) is 28.7 Å². The number of ether oxygens (including phenoxy) is 1. The van der Waals surface area contributed by atoms with Crippen molar-refractivity contribution >= 4 is 22.6 Å². The summed E-state index contributed by atoms with van der Waals surface area (Å²) in [7, 11) is 1.51. The molecule has 0 unspecified atom stereocenters. The Labute approximate surface area is 153 Å². The third kappa shape index (κ3) is 3.81. The maximum absolute atomic E-state index is 13.6. The van der Waals surface area contributed by atoms with Gasteiger partial charge in [-0.2, -0.15) is 0 Å². The Morgan fingerprint density at radius 3 is 2.56 bits per heavy atom. The normalized spacial score (nSPS) is 10.8. The van der Waals surface area contributed by atoms with Crippen LogP contribution in [-0.4, -0.2) is 13.0 Å². The second kappa shape index (κ2) is 7.57. The van der Waals surface area contributed by atoms with Crippen LogP contribution in [0.3, 0.4) is 0 Å². The molecular weight excluding hydrogens is 356 g/mol. The van der Waals surface area contributed by atoms with E-state index in [1.54, 1.807) is 25.1 Å². The number of fused-ring (bicyclic) bond motifs is 1. The van der Waals surface area contributed by atoms with Gasteiger partial charge >= 0.3 is 5.63 Å². The lowest BCUT2D eigenvalue weighted by Gasteiger charge is -2.10. The van der Waals surface area contributed by atoms with Gasteiger partial charge in [-0.05, 0) is 43.2 Å². The van der Waals surface area contributed by atoms with Gasteiger partial charge in [0.2, 0.25) is 5.91 Å². The maximum atomic E-state index is 13.6. The number of benzene rings is 2. The third-order valence-corrected chi connectivity index (χ3v) is 4.32. The molecule has 0 saturated carbocycles. The molecule has 1 heterocycles. The number of anilines is 1. The van der Waals surface area contributed by atoms with Crippen LogP contribution in [0.5, 0.6) is 5.75 Å². The van der Waals surface area contributed by atoms with Gasteiger partial charge in [-0.15, -0.1) is 0 Å². The molecule has 0 atom stereocenters. The minimum Gasteiger partial charge on any atom is -0.497 e. The second-order valence-electron chi connectivity index (χ2n) is 6.00. The Hall–Kier alpha value is -3.22. The van der Waals surface area contributed by atoms with Crippen molar-refractivity contribution in [3.8, 4) is 5.75 Å². The maximum Gasteiger partial charge on any atom is 0.339 e. The molecule has 0 aliphatic heterocycles. The van der Waals surface area contributed by atoms with E-state index in [4.69, 9.17) is 9.15 Å². The van der Waals surface area contributed by atoms with Crippen molar-refractivity contribution in [2.24, 2.45) is 0 Å². The summed E-state index contributed by atoms with van der Waals surface area (Å²) >= 11 is 0. The van der Waals surface area contributed by atoms with E-state index in [9.17, 15) is 18.4 Å². The van der Waals surface area contributed by atoms with Crippen molar-refractivity contribution in [1.29, 1.82) is 0 Å². The monoisotopic (exact) mass is 373 g/mol. The fourth-order valence-corrected chi connectivity index (χ4v) is 2.85. The second-order valence-corrected chi connectivity index (χ2v) is 6.00. The molecule has 1 amide bonds. The van der Waals surface area contributed by atoms with E-state index in [2.05, 4.69) is 5.32 Å². The zero-order valence-electron chi connectivity index (χ0n) is 14.8. The number of amides is 1. The highest BCUT2D eigenvalue weighted by Crippen LogP contribution is 2.24. The van der Waals surface area contributed by atoms with E-state index < -0.39 is 28.9 Å². The van der Waals surface area contributed by atoms with Gasteiger partial charge in [-0.25, -0.2) is 13.6 Å². The Morgan fingerprint density at radius 1 is 1.19 bits per heavy atom. The van der Waals surface area contributed by atoms with Crippen molar-refractivity contribution in [3.05, 3.63) is 69.6 Å². The Morgan fingerprint density at radius 2 is 1.89 bits per heavy atom. The van der Waals surface area contributed by atoms with Gasteiger partial charge in [0.15, 0.2) is 0 Å². The summed E-state index contributed by atoms with van der Waals surface area (Å²) in [4.78, 5) is 24.3. The Bertz CT molecular complexity index is 1060. The number of para-hydroxylation sites is 1. The van der Waals surface area contributed by atoms with Crippen LogP contribution in [0.1, 0.15) is 17.5 Å². The Kier molecular flexibility index (Phi) is 5.21. The third-order valence-electron chi connectivity index (χ3n) is 4.32. The smallest absolute Gasteiger partial charge is 0.339 e. The zero-order valence-corrected chi connectivity index (χ0v) is 14.8. The van der Waals surface area contributed by atoms with E-state index in [0.29, 0.717) is 22.5 Å². The average Bonchev–Trinajstić information content (AvgIpc) is 2.64. The van der Waals surface area contributed by atoms with Crippen LogP contribution < -0.4 is 15.7 Å². The van der Waals surface area contributed by atoms with Gasteiger partial charge in [0.25, 0.3) is 0 Å². The molecule has 0 radical (unpaired) electrons. The van der Waals surface area contributed by atoms with Gasteiger partial charge in [0, 0.05) is 23.4 Å². The van der Waals surface area contributed by atoms with E-state index in [0.717, 1.165) is 17.5 Å². The first-order valence-electron chi connectivity index (χ1n) is 8.25. The molecule has 0 bridgehead atoms. The summed E-state index contributed by atoms with van der Waals surface area (Å²) in [6.45, 7) is 1.76. The van der Waals surface area contributed by atoms with Crippen molar-refractivity contribution < 1.29 is 22.7 Å². The van der Waals surface area contributed by atoms with Crippen LogP contribution in [0.25, 0.3) is 11.0 Å². The first kappa shape index (κ1) is 18.6. The molecule has 2 aromatic carbocycles. The highest BCUT2D eigenvalue weighted by atomic mass is 19.1. The average molecular weight is 373 g/mol. The first-order valence-corrected chi connectivity index (χ1v) is 8.25. The van der Waals surface area contributed by atoms with Crippen molar-refractivity contribution in [1.82, 2.24) is 0 Å². The SMILES string of the molecule is COc1ccc2c(C)c(CCC(=O)Nc3c(F)cccc3F)c(=O)oc2c1. The lowest BCUT2D eigenvalue weighted by Crippen LogP contribution is -2.17. The van der Waals surface area contributed by atoms with Crippen LogP contribution in [0, 0.1) is 18.6 Å². The summed E-state index contributed by atoms with van der Waals surface area (Å²) < 4.78 is 37.6. The molecule has 0 spiro atoms. The summed E-state index contributed by atoms with van der Waals surface area (Å²) in [6.07, 6.45) is -0.0426. The molecule has 3 aromatic rings. The lowest BCUT2D eigenvalue weighted by molar-refractivity contribution is -0.116. The van der Waals surface area contributed by atoms with E-state index >= 15 is 0 Å². The molecule has 0 fully saturated rings. The Balaban J connectivity index is 1.80. The molecule has 5 nitrogen and oxygen atoms in total. The zero-order chi connectivity index (χ0) is 19.6. The van der Waals surface area contributed by atoms with Crippen molar-refractivity contribution in [2.45, 2.75) is 19.8 Å². The summed E-state index contributed by atoms with van der Waals surface area (Å²) in [5.41, 5.74) is 0.360. The minimum absolute atomic E-state index is 0.0814. The largest absolute Gasteiger partial charge is 0.497 e. The molecule has 3 rings (SSSR count). The molecule has 1 N–H and O–H groups in total. The van der Waals surface area contributed by atoms with Crippen molar-refractivity contribution in [2.75, 3.05) is 12.4 Å². The molecular formula is C20H17F2NO4. The molecule has 7 heteroatoms. The van der Waals surface area contributed by atoms with Crippen LogP contribution in [0.4, 0.5) is 14.5 Å². The summed E-state index contributed by atoms with van der Waals surface area (Å²) in [6, 6.07) is 8.43. The number of nitrogens with one attached hydrogen (secondary N) is 1. The number of hydrogen-bond donors (Lipinski definition) is 1. The van der Waals surface area contributed by atoms with Gasteiger partial charge in [-0.1, -0.05) is 6.07 Å². The van der Waals surface area contributed by atoms with Crippen molar-refractivity contribution in [3.63, 3.8) is 0 Å². The summed E-state index contributed by atoms with van der Waals surface area (Å²) in [5, 5.41) is 2.93. The standard InChI is InChI=1S/C20H17F2NO4/c1-11-13-7-6-12(26-2)10-17(13)27-20(25)14(11)8-9-18(24)23-19-15(21)4-3-5-16(19)22/h3-7,10H,8-9H2,1-2H3,(H,23,24). The highest BCUT2D eigenvalue weighted by Gasteiger charge is 2.16. The van der Waals surface area contributed by atoms with Gasteiger partial charge in [-0.3, -0.25) is 4.79 Å². The molecule has 0 aliphatic carbocycles. The number of rotatable bonds is 5. The molecule has 140 valence electrons. The highest BCUT2D eigenvalue weighted by molar-refractivity contribution is 5.91. The molecule has 27 heavy (non-hydrogen) atoms. The van der Waals surface area contributed by atoms with E-state index in [-0.39, 0.29) is 12.8 Å². The topological polar surface area (TPSA) is 68.5 Å². The van der Waals surface area contributed by atoms with Gasteiger partial charge < -0.3 is 14.5 Å². The number of methoxy groups -OCH3 is 1. The van der Waals surface area contributed by atoms with Crippen LogP contribution in [0.15, 0.2) is 45.6 Å². The number of carbonyl (C=O) groups is 1. The number of hydrogen-bond acceptors (Lipinski definition) is 4. The predicted octanol–water partition coefficient (Wildman–Crippen LogP) is 3.96.